The maximum Gasteiger partial charge on any atom is 0.271 e. The van der Waals surface area contributed by atoms with Gasteiger partial charge in [0, 0.05) is 17.2 Å². The lowest BCUT2D eigenvalue weighted by Gasteiger charge is -2.09. The van der Waals surface area contributed by atoms with Gasteiger partial charge in [0.25, 0.3) is 5.91 Å². The van der Waals surface area contributed by atoms with Gasteiger partial charge in [-0.3, -0.25) is 4.79 Å². The molecular formula is C12H16BrN3O. The fraction of sp³-hybridized carbons (Fsp3) is 0.500. The Hall–Kier alpha value is -0.940. The third-order valence-corrected chi connectivity index (χ3v) is 3.61. The third kappa shape index (κ3) is 3.51. The van der Waals surface area contributed by atoms with Crippen molar-refractivity contribution in [3.63, 3.8) is 0 Å². The van der Waals surface area contributed by atoms with E-state index in [2.05, 4.69) is 31.5 Å². The van der Waals surface area contributed by atoms with Crippen molar-refractivity contribution in [1.82, 2.24) is 15.6 Å². The van der Waals surface area contributed by atoms with Gasteiger partial charge in [-0.2, -0.15) is 0 Å². The Bertz CT molecular complexity index is 391. The van der Waals surface area contributed by atoms with Crippen molar-refractivity contribution in [2.24, 2.45) is 5.92 Å². The molecule has 5 heteroatoms. The number of halogens is 1. The molecule has 1 aliphatic rings. The Kier molecular flexibility index (Phi) is 4.50. The topological polar surface area (TPSA) is 54.0 Å². The molecule has 2 heterocycles. The Morgan fingerprint density at radius 3 is 3.24 bits per heavy atom. The minimum absolute atomic E-state index is 0.108. The van der Waals surface area contributed by atoms with Gasteiger partial charge in [-0.05, 0) is 59.9 Å². The van der Waals surface area contributed by atoms with Gasteiger partial charge in [0.15, 0.2) is 0 Å². The van der Waals surface area contributed by atoms with E-state index in [0.717, 1.165) is 24.0 Å². The van der Waals surface area contributed by atoms with Crippen LogP contribution in [0.3, 0.4) is 0 Å². The van der Waals surface area contributed by atoms with Crippen LogP contribution in [0, 0.1) is 5.92 Å². The minimum Gasteiger partial charge on any atom is -0.351 e. The number of hydrogen-bond acceptors (Lipinski definition) is 3. The minimum atomic E-state index is -0.108. The number of aromatic nitrogens is 1. The molecule has 2 N–H and O–H groups in total. The zero-order chi connectivity index (χ0) is 12.1. The summed E-state index contributed by atoms with van der Waals surface area (Å²) in [5.74, 6) is 0.589. The van der Waals surface area contributed by atoms with E-state index in [1.807, 2.05) is 6.07 Å². The van der Waals surface area contributed by atoms with Crippen LogP contribution in [0.4, 0.5) is 0 Å². The lowest BCUT2D eigenvalue weighted by Crippen LogP contribution is -2.27. The Labute approximate surface area is 109 Å². The highest BCUT2D eigenvalue weighted by Gasteiger charge is 2.15. The normalized spacial score (nSPS) is 19.2. The second kappa shape index (κ2) is 6.12. The predicted octanol–water partition coefficient (Wildman–Crippen LogP) is 1.57. The smallest absolute Gasteiger partial charge is 0.271 e. The summed E-state index contributed by atoms with van der Waals surface area (Å²) < 4.78 is 0.736. The second-order valence-electron chi connectivity index (χ2n) is 4.24. The van der Waals surface area contributed by atoms with Gasteiger partial charge in [-0.1, -0.05) is 0 Å². The maximum atomic E-state index is 11.8. The van der Waals surface area contributed by atoms with Crippen LogP contribution in [-0.4, -0.2) is 30.5 Å². The highest BCUT2D eigenvalue weighted by Crippen LogP contribution is 2.14. The van der Waals surface area contributed by atoms with Gasteiger partial charge in [-0.25, -0.2) is 4.98 Å². The van der Waals surface area contributed by atoms with Crippen LogP contribution in [0.15, 0.2) is 22.8 Å². The zero-order valence-electron chi connectivity index (χ0n) is 9.58. The summed E-state index contributed by atoms with van der Waals surface area (Å²) in [4.78, 5) is 15.9. The summed E-state index contributed by atoms with van der Waals surface area (Å²) in [5.41, 5.74) is 0.456. The van der Waals surface area contributed by atoms with Crippen molar-refractivity contribution in [3.05, 3.63) is 28.5 Å². The first-order valence-electron chi connectivity index (χ1n) is 5.87. The monoisotopic (exact) mass is 297 g/mol. The van der Waals surface area contributed by atoms with Gasteiger partial charge in [0.05, 0.1) is 0 Å². The molecule has 0 saturated carbocycles. The van der Waals surface area contributed by atoms with Gasteiger partial charge < -0.3 is 10.6 Å². The summed E-state index contributed by atoms with van der Waals surface area (Å²) in [6.45, 7) is 2.89. The molecule has 1 fully saturated rings. The molecule has 1 saturated heterocycles. The molecule has 1 unspecified atom stereocenters. The molecule has 1 aromatic heterocycles. The molecule has 1 aromatic rings. The van der Waals surface area contributed by atoms with Crippen molar-refractivity contribution in [1.29, 1.82) is 0 Å². The van der Waals surface area contributed by atoms with Crippen LogP contribution in [-0.2, 0) is 0 Å². The van der Waals surface area contributed by atoms with Crippen LogP contribution in [0.5, 0.6) is 0 Å². The van der Waals surface area contributed by atoms with Gasteiger partial charge in [0.1, 0.15) is 5.69 Å². The van der Waals surface area contributed by atoms with E-state index in [4.69, 9.17) is 0 Å². The molecule has 2 rings (SSSR count). The van der Waals surface area contributed by atoms with Crippen molar-refractivity contribution < 1.29 is 4.79 Å². The van der Waals surface area contributed by atoms with E-state index < -0.39 is 0 Å². The predicted molar refractivity (Wildman–Crippen MR) is 69.9 cm³/mol. The number of rotatable bonds is 4. The third-order valence-electron chi connectivity index (χ3n) is 2.97. The van der Waals surface area contributed by atoms with E-state index in [1.165, 1.54) is 6.42 Å². The lowest BCUT2D eigenvalue weighted by molar-refractivity contribution is 0.0946. The van der Waals surface area contributed by atoms with Gasteiger partial charge in [0.2, 0.25) is 0 Å². The average Bonchev–Trinajstić information content (AvgIpc) is 2.82. The largest absolute Gasteiger partial charge is 0.351 e. The average molecular weight is 298 g/mol. The number of nitrogens with one attached hydrogen (secondary N) is 2. The number of nitrogens with zero attached hydrogens (tertiary/aromatic N) is 1. The number of amides is 1. The van der Waals surface area contributed by atoms with Crippen LogP contribution in [0.25, 0.3) is 0 Å². The Balaban J connectivity index is 1.79. The van der Waals surface area contributed by atoms with E-state index in [9.17, 15) is 4.79 Å². The maximum absolute atomic E-state index is 11.8. The number of pyridine rings is 1. The summed E-state index contributed by atoms with van der Waals surface area (Å²) in [6.07, 6.45) is 3.87. The Morgan fingerprint density at radius 1 is 1.65 bits per heavy atom. The number of carbonyl (C=O) groups excluding carboxylic acids is 1. The fourth-order valence-corrected chi connectivity index (χ4v) is 2.42. The van der Waals surface area contributed by atoms with Crippen LogP contribution in [0.2, 0.25) is 0 Å². The van der Waals surface area contributed by atoms with Gasteiger partial charge in [-0.15, -0.1) is 0 Å². The van der Waals surface area contributed by atoms with E-state index in [0.29, 0.717) is 18.2 Å². The molecule has 1 atom stereocenters. The molecule has 4 nitrogen and oxygen atoms in total. The lowest BCUT2D eigenvalue weighted by atomic mass is 10.1. The van der Waals surface area contributed by atoms with E-state index >= 15 is 0 Å². The molecule has 0 aromatic carbocycles. The highest BCUT2D eigenvalue weighted by atomic mass is 79.9. The summed E-state index contributed by atoms with van der Waals surface area (Å²) in [7, 11) is 0. The van der Waals surface area contributed by atoms with Crippen molar-refractivity contribution in [3.8, 4) is 0 Å². The van der Waals surface area contributed by atoms with E-state index in [-0.39, 0.29) is 5.91 Å². The molecule has 0 spiro atoms. The molecule has 0 aliphatic carbocycles. The van der Waals surface area contributed by atoms with E-state index in [1.54, 1.807) is 12.3 Å². The highest BCUT2D eigenvalue weighted by molar-refractivity contribution is 9.10. The Morgan fingerprint density at radius 2 is 2.53 bits per heavy atom. The second-order valence-corrected chi connectivity index (χ2v) is 5.09. The first-order chi connectivity index (χ1) is 8.27. The molecule has 1 amide bonds. The molecule has 1 aliphatic heterocycles. The van der Waals surface area contributed by atoms with Crippen molar-refractivity contribution >= 4 is 21.8 Å². The SMILES string of the molecule is O=C(NCCC1CCNC1)c1ncccc1Br. The molecule has 0 radical (unpaired) electrons. The van der Waals surface area contributed by atoms with Crippen molar-refractivity contribution in [2.45, 2.75) is 12.8 Å². The molecule has 92 valence electrons. The first-order valence-corrected chi connectivity index (χ1v) is 6.66. The molecule has 0 bridgehead atoms. The summed E-state index contributed by atoms with van der Waals surface area (Å²) in [6, 6.07) is 3.62. The van der Waals surface area contributed by atoms with Crippen LogP contribution in [0.1, 0.15) is 23.3 Å². The molecular weight excluding hydrogens is 282 g/mol. The molecule has 17 heavy (non-hydrogen) atoms. The standard InChI is InChI=1S/C12H16BrN3O/c13-10-2-1-5-15-11(10)12(17)16-7-4-9-3-6-14-8-9/h1-2,5,9,14H,3-4,6-8H2,(H,16,17). The number of carbonyl (C=O) groups is 1. The zero-order valence-corrected chi connectivity index (χ0v) is 11.2. The first kappa shape index (κ1) is 12.5. The van der Waals surface area contributed by atoms with Crippen LogP contribution < -0.4 is 10.6 Å². The quantitative estimate of drug-likeness (QED) is 0.887. The summed E-state index contributed by atoms with van der Waals surface area (Å²) in [5, 5.41) is 6.23. The fourth-order valence-electron chi connectivity index (χ4n) is 1.99. The summed E-state index contributed by atoms with van der Waals surface area (Å²) >= 11 is 3.32. The number of hydrogen-bond donors (Lipinski definition) is 2. The van der Waals surface area contributed by atoms with Crippen LogP contribution >= 0.6 is 15.9 Å². The van der Waals surface area contributed by atoms with Crippen molar-refractivity contribution in [2.75, 3.05) is 19.6 Å². The van der Waals surface area contributed by atoms with Gasteiger partial charge >= 0.3 is 0 Å².